The summed E-state index contributed by atoms with van der Waals surface area (Å²) >= 11 is 0. The zero-order chi connectivity index (χ0) is 17.9. The maximum absolute atomic E-state index is 11.3. The predicted octanol–water partition coefficient (Wildman–Crippen LogP) is 1.37. The first kappa shape index (κ1) is 17.9. The van der Waals surface area contributed by atoms with E-state index >= 15 is 0 Å². The molecular formula is C15H19N3O5S. The van der Waals surface area contributed by atoms with E-state index in [0.29, 0.717) is 28.6 Å². The number of nitrogens with zero attached hydrogens (tertiary/aromatic N) is 1. The van der Waals surface area contributed by atoms with E-state index in [9.17, 15) is 8.42 Å². The van der Waals surface area contributed by atoms with Gasteiger partial charge in [-0.05, 0) is 24.3 Å². The molecule has 0 fully saturated rings. The van der Waals surface area contributed by atoms with Crippen LogP contribution in [0.2, 0.25) is 0 Å². The Balaban J connectivity index is 2.44. The lowest BCUT2D eigenvalue weighted by Gasteiger charge is -2.22. The topological polar surface area (TPSA) is 117 Å². The highest BCUT2D eigenvalue weighted by molar-refractivity contribution is 7.89. The molecule has 0 saturated carbocycles. The van der Waals surface area contributed by atoms with Crippen LogP contribution >= 0.6 is 0 Å². The van der Waals surface area contributed by atoms with Gasteiger partial charge in [-0.25, -0.2) is 19.4 Å². The van der Waals surface area contributed by atoms with Crippen molar-refractivity contribution in [2.75, 3.05) is 26.3 Å². The average molecular weight is 353 g/mol. The standard InChI is InChI=1S/C15H19N3O5S/c1-21-13-8-11(9-14(22-2)15(13)23-3)18(16)10-4-6-12(7-5-10)24(17,19)20/h4-9H,16H2,1-3H3,(H2,17,19,20). The van der Waals surface area contributed by atoms with Crippen molar-refractivity contribution in [1.82, 2.24) is 0 Å². The van der Waals surface area contributed by atoms with Crippen molar-refractivity contribution in [3.8, 4) is 17.2 Å². The lowest BCUT2D eigenvalue weighted by Crippen LogP contribution is -2.25. The van der Waals surface area contributed by atoms with Gasteiger partial charge in [0.2, 0.25) is 15.8 Å². The van der Waals surface area contributed by atoms with Gasteiger partial charge >= 0.3 is 0 Å². The molecule has 24 heavy (non-hydrogen) atoms. The van der Waals surface area contributed by atoms with Crippen LogP contribution in [0.1, 0.15) is 0 Å². The van der Waals surface area contributed by atoms with Gasteiger partial charge < -0.3 is 14.2 Å². The van der Waals surface area contributed by atoms with E-state index in [4.69, 9.17) is 25.2 Å². The van der Waals surface area contributed by atoms with E-state index in [0.717, 1.165) is 0 Å². The zero-order valence-corrected chi connectivity index (χ0v) is 14.3. The van der Waals surface area contributed by atoms with Gasteiger partial charge in [-0.15, -0.1) is 0 Å². The largest absolute Gasteiger partial charge is 0.493 e. The first-order chi connectivity index (χ1) is 11.3. The second-order valence-electron chi connectivity index (χ2n) is 4.79. The third-order valence-electron chi connectivity index (χ3n) is 3.37. The van der Waals surface area contributed by atoms with Crippen molar-refractivity contribution in [2.45, 2.75) is 4.90 Å². The Morgan fingerprint density at radius 1 is 0.875 bits per heavy atom. The number of primary sulfonamides is 1. The lowest BCUT2D eigenvalue weighted by molar-refractivity contribution is 0.324. The smallest absolute Gasteiger partial charge is 0.238 e. The van der Waals surface area contributed by atoms with Crippen LogP contribution in [0.15, 0.2) is 41.3 Å². The third kappa shape index (κ3) is 3.53. The first-order valence-corrected chi connectivity index (χ1v) is 8.34. The summed E-state index contributed by atoms with van der Waals surface area (Å²) in [5, 5.41) is 6.44. The van der Waals surface area contributed by atoms with E-state index < -0.39 is 10.0 Å². The van der Waals surface area contributed by atoms with Gasteiger partial charge in [-0.3, -0.25) is 5.01 Å². The molecule has 0 aromatic heterocycles. The summed E-state index contributed by atoms with van der Waals surface area (Å²) in [4.78, 5) is 0.00421. The fourth-order valence-corrected chi connectivity index (χ4v) is 2.67. The molecule has 9 heteroatoms. The van der Waals surface area contributed by atoms with Crippen molar-refractivity contribution in [2.24, 2.45) is 11.0 Å². The molecule has 0 atom stereocenters. The van der Waals surface area contributed by atoms with Gasteiger partial charge in [0.05, 0.1) is 37.6 Å². The molecule has 0 aliphatic heterocycles. The highest BCUT2D eigenvalue weighted by Crippen LogP contribution is 2.41. The molecule has 0 saturated heterocycles. The van der Waals surface area contributed by atoms with Crippen LogP contribution in [0.4, 0.5) is 11.4 Å². The molecule has 0 heterocycles. The summed E-state index contributed by atoms with van der Waals surface area (Å²) in [7, 11) is 0.756. The van der Waals surface area contributed by atoms with E-state index in [1.165, 1.54) is 38.5 Å². The Morgan fingerprint density at radius 3 is 1.75 bits per heavy atom. The van der Waals surface area contributed by atoms with E-state index in [-0.39, 0.29) is 4.90 Å². The highest BCUT2D eigenvalue weighted by Gasteiger charge is 2.16. The van der Waals surface area contributed by atoms with Crippen molar-refractivity contribution in [1.29, 1.82) is 0 Å². The second kappa shape index (κ2) is 6.95. The molecule has 0 amide bonds. The molecule has 130 valence electrons. The van der Waals surface area contributed by atoms with Crippen LogP contribution in [0, 0.1) is 0 Å². The van der Waals surface area contributed by atoms with E-state index in [1.54, 1.807) is 24.3 Å². The Bertz CT molecular complexity index is 796. The monoisotopic (exact) mass is 353 g/mol. The number of hydrogen-bond acceptors (Lipinski definition) is 7. The molecule has 0 spiro atoms. The Kier molecular flexibility index (Phi) is 5.17. The number of nitrogens with two attached hydrogens (primary N) is 2. The minimum absolute atomic E-state index is 0.00421. The molecule has 0 aliphatic rings. The number of methoxy groups -OCH3 is 3. The molecular weight excluding hydrogens is 334 g/mol. The average Bonchev–Trinajstić information content (AvgIpc) is 2.59. The highest BCUT2D eigenvalue weighted by atomic mass is 32.2. The maximum atomic E-state index is 11.3. The van der Waals surface area contributed by atoms with Gasteiger partial charge in [0.15, 0.2) is 11.5 Å². The molecule has 8 nitrogen and oxygen atoms in total. The fraction of sp³-hybridized carbons (Fsp3) is 0.200. The van der Waals surface area contributed by atoms with Gasteiger partial charge in [0.25, 0.3) is 0 Å². The molecule has 2 aromatic carbocycles. The molecule has 0 radical (unpaired) electrons. The third-order valence-corrected chi connectivity index (χ3v) is 4.30. The number of ether oxygens (including phenoxy) is 3. The Hall–Kier alpha value is -2.49. The van der Waals surface area contributed by atoms with E-state index in [1.807, 2.05) is 0 Å². The van der Waals surface area contributed by atoms with E-state index in [2.05, 4.69) is 0 Å². The van der Waals surface area contributed by atoms with Crippen LogP contribution in [0.3, 0.4) is 0 Å². The summed E-state index contributed by atoms with van der Waals surface area (Å²) in [5.41, 5.74) is 1.12. The molecule has 2 aromatic rings. The molecule has 2 rings (SSSR count). The number of benzene rings is 2. The van der Waals surface area contributed by atoms with Gasteiger partial charge in [0.1, 0.15) is 0 Å². The van der Waals surface area contributed by atoms with Crippen LogP contribution in [0.25, 0.3) is 0 Å². The maximum Gasteiger partial charge on any atom is 0.238 e. The van der Waals surface area contributed by atoms with Crippen molar-refractivity contribution in [3.05, 3.63) is 36.4 Å². The second-order valence-corrected chi connectivity index (χ2v) is 6.35. The summed E-state index contributed by atoms with van der Waals surface area (Å²) in [5.74, 6) is 7.46. The quantitative estimate of drug-likeness (QED) is 0.595. The van der Waals surface area contributed by atoms with Gasteiger partial charge in [0, 0.05) is 12.1 Å². The Morgan fingerprint density at radius 2 is 1.38 bits per heavy atom. The van der Waals surface area contributed by atoms with Crippen molar-refractivity contribution >= 4 is 21.4 Å². The van der Waals surface area contributed by atoms with Crippen LogP contribution < -0.4 is 30.2 Å². The zero-order valence-electron chi connectivity index (χ0n) is 13.5. The van der Waals surface area contributed by atoms with Crippen molar-refractivity contribution in [3.63, 3.8) is 0 Å². The summed E-state index contributed by atoms with van der Waals surface area (Å²) in [6.45, 7) is 0. The summed E-state index contributed by atoms with van der Waals surface area (Å²) in [6, 6.07) is 9.20. The number of rotatable bonds is 6. The number of hydrazine groups is 1. The molecule has 0 bridgehead atoms. The molecule has 0 unspecified atom stereocenters. The Labute approximate surface area is 140 Å². The van der Waals surface area contributed by atoms with Crippen LogP contribution in [0.5, 0.6) is 17.2 Å². The number of hydrogen-bond donors (Lipinski definition) is 2. The normalized spacial score (nSPS) is 11.0. The molecule has 4 N–H and O–H groups in total. The fourth-order valence-electron chi connectivity index (χ4n) is 2.15. The lowest BCUT2D eigenvalue weighted by atomic mass is 10.2. The summed E-state index contributed by atoms with van der Waals surface area (Å²) < 4.78 is 38.4. The SMILES string of the molecule is COc1cc(N(N)c2ccc(S(N)(=O)=O)cc2)cc(OC)c1OC. The predicted molar refractivity (Wildman–Crippen MR) is 90.2 cm³/mol. The summed E-state index contributed by atoms with van der Waals surface area (Å²) in [6.07, 6.45) is 0. The number of sulfonamides is 1. The minimum atomic E-state index is -3.76. The first-order valence-electron chi connectivity index (χ1n) is 6.79. The van der Waals surface area contributed by atoms with Crippen molar-refractivity contribution < 1.29 is 22.6 Å². The minimum Gasteiger partial charge on any atom is -0.493 e. The van der Waals surface area contributed by atoms with Gasteiger partial charge in [-0.2, -0.15) is 0 Å². The van der Waals surface area contributed by atoms with Gasteiger partial charge in [-0.1, -0.05) is 0 Å². The molecule has 0 aliphatic carbocycles. The van der Waals surface area contributed by atoms with Crippen LogP contribution in [-0.4, -0.2) is 29.7 Å². The number of anilines is 2. The van der Waals surface area contributed by atoms with Crippen LogP contribution in [-0.2, 0) is 10.0 Å².